The number of carbonyl (C=O) groups excluding carboxylic acids is 2. The zero-order chi connectivity index (χ0) is 33.1. The van der Waals surface area contributed by atoms with Crippen molar-refractivity contribution in [3.63, 3.8) is 0 Å². The number of nitrogens with zero attached hydrogens (tertiary/aromatic N) is 2. The maximum atomic E-state index is 12.8. The minimum Gasteiger partial charge on any atom is -0.398 e. The lowest BCUT2D eigenvalue weighted by Gasteiger charge is -2.21. The van der Waals surface area contributed by atoms with Gasteiger partial charge in [0.25, 0.3) is 5.91 Å². The largest absolute Gasteiger partial charge is 0.398 e. The molecule has 0 heterocycles. The van der Waals surface area contributed by atoms with E-state index in [2.05, 4.69) is 38.1 Å². The zero-order valence-corrected chi connectivity index (χ0v) is 28.0. The number of benzene rings is 2. The highest BCUT2D eigenvalue weighted by atomic mass is 32.1. The van der Waals surface area contributed by atoms with Crippen molar-refractivity contribution >= 4 is 41.8 Å². The Labute approximate surface area is 270 Å². The number of rotatable bonds is 13. The Morgan fingerprint density at radius 3 is 2.43 bits per heavy atom. The molecule has 4 N–H and O–H groups in total. The summed E-state index contributed by atoms with van der Waals surface area (Å²) in [5.41, 5.74) is 18.0. The van der Waals surface area contributed by atoms with E-state index in [0.29, 0.717) is 42.9 Å². The fourth-order valence-electron chi connectivity index (χ4n) is 4.53. The first-order chi connectivity index (χ1) is 21.1. The van der Waals surface area contributed by atoms with Gasteiger partial charge in [0.1, 0.15) is 0 Å². The summed E-state index contributed by atoms with van der Waals surface area (Å²) in [7, 11) is 0. The van der Waals surface area contributed by atoms with Gasteiger partial charge in [-0.2, -0.15) is 0 Å². The van der Waals surface area contributed by atoms with E-state index < -0.39 is 0 Å². The zero-order valence-electron chi connectivity index (χ0n) is 27.1. The average molecular weight is 615 g/mol. The van der Waals surface area contributed by atoms with E-state index in [0.717, 1.165) is 36.1 Å². The third-order valence-corrected chi connectivity index (χ3v) is 7.14. The van der Waals surface area contributed by atoms with Gasteiger partial charge in [0.15, 0.2) is 5.78 Å². The number of Topliss-reactive ketones (excluding diaryl/α,β-unsaturated/α-hetero) is 1. The first-order valence-corrected chi connectivity index (χ1v) is 15.8. The molecule has 0 fully saturated rings. The molecule has 2 aromatic rings. The average Bonchev–Trinajstić information content (AvgIpc) is 3.46. The van der Waals surface area contributed by atoms with E-state index in [-0.39, 0.29) is 23.4 Å². The first-order valence-electron chi connectivity index (χ1n) is 15.4. The number of thiol groups is 1. The molecule has 6 nitrogen and oxygen atoms in total. The molecule has 0 radical (unpaired) electrons. The van der Waals surface area contributed by atoms with Gasteiger partial charge in [-0.05, 0) is 72.7 Å². The molecule has 1 atom stereocenters. The molecule has 1 aliphatic carbocycles. The Kier molecular flexibility index (Phi) is 18.0. The second kappa shape index (κ2) is 20.8. The summed E-state index contributed by atoms with van der Waals surface area (Å²) >= 11 is 4.42. The topological polar surface area (TPSA) is 102 Å². The van der Waals surface area contributed by atoms with Gasteiger partial charge in [0, 0.05) is 42.2 Å². The molecule has 3 rings (SSSR count). The van der Waals surface area contributed by atoms with Gasteiger partial charge in [0.05, 0.1) is 11.7 Å². The van der Waals surface area contributed by atoms with Gasteiger partial charge in [0.2, 0.25) is 0 Å². The van der Waals surface area contributed by atoms with Gasteiger partial charge >= 0.3 is 0 Å². The van der Waals surface area contributed by atoms with Gasteiger partial charge in [-0.25, -0.2) is 0 Å². The molecule has 0 aliphatic heterocycles. The molecular weight excluding hydrogens is 565 g/mol. The standard InChI is InChI=1S/C24H34N4OS.C11H10O.C2H6/c1-5-9-15-28(14-8-4)24(29)21(26)17-19(10-6-2)27-22(11-7-3)18-12-13-20(25)23(30)16-18;1-8(12)11-6-9-4-2-3-5-10(9)7-11;1-2/h1,7,12-13,16-17,22,30H,3,6,8-11,14-15,25-26H2,2,4H3;2-6H,7H2,1H3;1-2H3/b21-17-,27-19?;;. The minimum absolute atomic E-state index is 0.150. The number of allylic oxidation sites excluding steroid dienone is 2. The molecule has 0 bridgehead atoms. The second-order valence-corrected chi connectivity index (χ2v) is 10.7. The Hall–Kier alpha value is -4.02. The van der Waals surface area contributed by atoms with Crippen molar-refractivity contribution in [2.24, 2.45) is 10.7 Å². The predicted octanol–water partition coefficient (Wildman–Crippen LogP) is 7.76. The number of hydrogen-bond donors (Lipinski definition) is 3. The molecule has 44 heavy (non-hydrogen) atoms. The molecular formula is C37H50N4O2S. The number of anilines is 1. The van der Waals surface area contributed by atoms with Crippen LogP contribution in [0.3, 0.4) is 0 Å². The quantitative estimate of drug-likeness (QED) is 0.0536. The van der Waals surface area contributed by atoms with Crippen LogP contribution in [0.2, 0.25) is 0 Å². The number of nitrogen functional groups attached to an aromatic ring is 1. The Bertz CT molecular complexity index is 1380. The fraction of sp³-hybridized carbons (Fsp3) is 0.378. The molecule has 0 saturated carbocycles. The smallest absolute Gasteiger partial charge is 0.269 e. The van der Waals surface area contributed by atoms with Crippen LogP contribution in [0.1, 0.15) is 89.5 Å². The number of aliphatic imine (C=N–C) groups is 1. The highest BCUT2D eigenvalue weighted by molar-refractivity contribution is 7.80. The van der Waals surface area contributed by atoms with Gasteiger partial charge in [-0.1, -0.05) is 70.5 Å². The van der Waals surface area contributed by atoms with Crippen molar-refractivity contribution in [3.05, 3.63) is 89.2 Å². The Morgan fingerprint density at radius 1 is 1.16 bits per heavy atom. The normalized spacial score (nSPS) is 12.7. The first kappa shape index (κ1) is 38.0. The predicted molar refractivity (Wildman–Crippen MR) is 191 cm³/mol. The summed E-state index contributed by atoms with van der Waals surface area (Å²) in [4.78, 5) is 31.2. The number of nitrogens with two attached hydrogens (primary N) is 2. The summed E-state index contributed by atoms with van der Waals surface area (Å²) in [5, 5.41) is 0. The summed E-state index contributed by atoms with van der Waals surface area (Å²) in [6, 6.07) is 13.7. The van der Waals surface area contributed by atoms with Crippen LogP contribution in [0.15, 0.2) is 82.4 Å². The number of terminal acetylenes is 1. The lowest BCUT2D eigenvalue weighted by Crippen LogP contribution is -2.36. The second-order valence-electron chi connectivity index (χ2n) is 10.2. The van der Waals surface area contributed by atoms with Crippen LogP contribution >= 0.6 is 12.6 Å². The van der Waals surface area contributed by atoms with Crippen LogP contribution in [0.25, 0.3) is 6.08 Å². The number of hydrogen-bond acceptors (Lipinski definition) is 6. The highest BCUT2D eigenvalue weighted by Crippen LogP contribution is 2.28. The third-order valence-electron chi connectivity index (χ3n) is 6.75. The van der Waals surface area contributed by atoms with Crippen LogP contribution in [0.5, 0.6) is 0 Å². The van der Waals surface area contributed by atoms with E-state index >= 15 is 0 Å². The SMILES string of the molecule is C#CCCN(CCC)C(=O)/C(N)=C/C(CCC)=NC(CC=C)c1ccc(N)c(S)c1.CC.CC(=O)C1=Cc2ccccc2C1. The summed E-state index contributed by atoms with van der Waals surface area (Å²) in [6.07, 6.45) is 15.2. The van der Waals surface area contributed by atoms with Gasteiger partial charge in [-0.15, -0.1) is 31.6 Å². The molecule has 236 valence electrons. The summed E-state index contributed by atoms with van der Waals surface area (Å²) in [6.45, 7) is 14.7. The number of amides is 1. The van der Waals surface area contributed by atoms with Gasteiger partial charge in [-0.3, -0.25) is 14.6 Å². The van der Waals surface area contributed by atoms with Crippen LogP contribution in [0, 0.1) is 12.3 Å². The van der Waals surface area contributed by atoms with E-state index in [1.807, 2.05) is 69.3 Å². The van der Waals surface area contributed by atoms with E-state index in [1.54, 1.807) is 17.9 Å². The van der Waals surface area contributed by atoms with Crippen LogP contribution < -0.4 is 11.5 Å². The third kappa shape index (κ3) is 12.3. The maximum absolute atomic E-state index is 12.8. The lowest BCUT2D eigenvalue weighted by molar-refractivity contribution is -0.127. The fourth-order valence-corrected chi connectivity index (χ4v) is 4.76. The minimum atomic E-state index is -0.207. The number of fused-ring (bicyclic) bond motifs is 1. The van der Waals surface area contributed by atoms with Crippen molar-refractivity contribution < 1.29 is 9.59 Å². The Morgan fingerprint density at radius 2 is 1.86 bits per heavy atom. The van der Waals surface area contributed by atoms with E-state index in [1.165, 1.54) is 11.1 Å². The molecule has 1 unspecified atom stereocenters. The van der Waals surface area contributed by atoms with Crippen molar-refractivity contribution in [1.82, 2.24) is 4.90 Å². The van der Waals surface area contributed by atoms with Crippen LogP contribution in [-0.2, 0) is 16.0 Å². The van der Waals surface area contributed by atoms with Crippen LogP contribution in [-0.4, -0.2) is 35.4 Å². The summed E-state index contributed by atoms with van der Waals surface area (Å²) in [5.74, 6) is 2.55. The van der Waals surface area contributed by atoms with Gasteiger partial charge < -0.3 is 16.4 Å². The monoisotopic (exact) mass is 614 g/mol. The Balaban J connectivity index is 0.000000566. The van der Waals surface area contributed by atoms with Crippen molar-refractivity contribution in [2.75, 3.05) is 18.8 Å². The molecule has 0 spiro atoms. The maximum Gasteiger partial charge on any atom is 0.269 e. The lowest BCUT2D eigenvalue weighted by atomic mass is 10.0. The molecule has 2 aromatic carbocycles. The van der Waals surface area contributed by atoms with Crippen molar-refractivity contribution in [2.45, 2.75) is 84.1 Å². The highest BCUT2D eigenvalue weighted by Gasteiger charge is 2.17. The van der Waals surface area contributed by atoms with E-state index in [4.69, 9.17) is 22.9 Å². The number of carbonyl (C=O) groups is 2. The molecule has 0 aromatic heterocycles. The molecule has 1 amide bonds. The summed E-state index contributed by atoms with van der Waals surface area (Å²) < 4.78 is 0. The molecule has 7 heteroatoms. The number of ketones is 1. The van der Waals surface area contributed by atoms with E-state index in [9.17, 15) is 9.59 Å². The van der Waals surface area contributed by atoms with Crippen molar-refractivity contribution in [1.29, 1.82) is 0 Å². The van der Waals surface area contributed by atoms with Crippen molar-refractivity contribution in [3.8, 4) is 12.3 Å². The molecule has 0 saturated heterocycles. The van der Waals surface area contributed by atoms with Crippen LogP contribution in [0.4, 0.5) is 5.69 Å². The molecule has 1 aliphatic rings.